The molecule has 0 aliphatic carbocycles. The fourth-order valence-electron chi connectivity index (χ4n) is 3.41. The van der Waals surface area contributed by atoms with Gasteiger partial charge in [0.1, 0.15) is 0 Å². The van der Waals surface area contributed by atoms with Crippen LogP contribution in [0.2, 0.25) is 0 Å². The molecule has 0 saturated carbocycles. The van der Waals surface area contributed by atoms with Gasteiger partial charge >= 0.3 is 60.8 Å². The zero-order valence-corrected chi connectivity index (χ0v) is 21.7. The van der Waals surface area contributed by atoms with E-state index in [1.54, 1.807) is 0 Å². The Labute approximate surface area is 203 Å². The van der Waals surface area contributed by atoms with Gasteiger partial charge in [-0.15, -0.1) is 0 Å². The minimum Gasteiger partial charge on any atom is -1.00 e. The van der Waals surface area contributed by atoms with Crippen LogP contribution in [-0.4, -0.2) is 71.0 Å². The van der Waals surface area contributed by atoms with Crippen molar-refractivity contribution >= 4 is 60.8 Å². The second-order valence-electron chi connectivity index (χ2n) is 7.44. The van der Waals surface area contributed by atoms with Crippen LogP contribution in [0, 0.1) is 5.41 Å². The van der Waals surface area contributed by atoms with Crippen molar-refractivity contribution in [2.24, 2.45) is 5.41 Å². The standard InChI is InChI=1S/C21H40O4.Ba.2H/c1-3-5-7-9-10-11-12-13-14-16-18-21(19(22)23,20(24)25)17-15-8-6-4-2;;;/h3-18H2,1-2H3,(H,22,23)(H,24,25);;;/q;+2;2*-1. The topological polar surface area (TPSA) is 74.6 Å². The van der Waals surface area contributed by atoms with Gasteiger partial charge in [-0.2, -0.15) is 0 Å². The van der Waals surface area contributed by atoms with E-state index in [0.29, 0.717) is 12.8 Å². The van der Waals surface area contributed by atoms with Crippen molar-refractivity contribution in [2.75, 3.05) is 0 Å². The Morgan fingerprint density at radius 2 is 0.885 bits per heavy atom. The molecule has 0 unspecified atom stereocenters. The van der Waals surface area contributed by atoms with Crippen LogP contribution in [0.4, 0.5) is 0 Å². The number of unbranched alkanes of at least 4 members (excludes halogenated alkanes) is 12. The smallest absolute Gasteiger partial charge is 1.00 e. The van der Waals surface area contributed by atoms with Crippen molar-refractivity contribution in [3.8, 4) is 0 Å². The van der Waals surface area contributed by atoms with Gasteiger partial charge in [0, 0.05) is 0 Å². The Kier molecular flexibility index (Phi) is 20.8. The zero-order chi connectivity index (χ0) is 19.0. The molecule has 0 amide bonds. The van der Waals surface area contributed by atoms with Crippen LogP contribution in [0.25, 0.3) is 0 Å². The molecule has 5 heteroatoms. The van der Waals surface area contributed by atoms with E-state index >= 15 is 0 Å². The van der Waals surface area contributed by atoms with Crippen LogP contribution < -0.4 is 0 Å². The predicted octanol–water partition coefficient (Wildman–Crippen LogP) is 6.27. The summed E-state index contributed by atoms with van der Waals surface area (Å²) >= 11 is 0. The fraction of sp³-hybridized carbons (Fsp3) is 0.905. The van der Waals surface area contributed by atoms with Gasteiger partial charge in [-0.3, -0.25) is 9.59 Å². The summed E-state index contributed by atoms with van der Waals surface area (Å²) in [6.07, 6.45) is 15.9. The average molecular weight is 496 g/mol. The third-order valence-electron chi connectivity index (χ3n) is 5.23. The Hall–Kier alpha value is 0.511. The summed E-state index contributed by atoms with van der Waals surface area (Å²) in [4.78, 5) is 23.3. The van der Waals surface area contributed by atoms with Crippen LogP contribution in [0.3, 0.4) is 0 Å². The SMILES string of the molecule is CCCCCCCCCCCCC(CCCCCC)(C(=O)O)C(=O)O.[Ba+2].[H-].[H-]. The van der Waals surface area contributed by atoms with E-state index in [1.165, 1.54) is 44.9 Å². The van der Waals surface area contributed by atoms with Crippen molar-refractivity contribution < 1.29 is 22.7 Å². The summed E-state index contributed by atoms with van der Waals surface area (Å²) in [7, 11) is 0. The minimum atomic E-state index is -1.58. The van der Waals surface area contributed by atoms with Gasteiger partial charge in [0.15, 0.2) is 5.41 Å². The van der Waals surface area contributed by atoms with Crippen LogP contribution >= 0.6 is 0 Å². The molecule has 4 nitrogen and oxygen atoms in total. The third kappa shape index (κ3) is 12.8. The Bertz CT molecular complexity index is 354. The second-order valence-corrected chi connectivity index (χ2v) is 7.44. The Balaban J connectivity index is -0.000000960. The first-order valence-corrected chi connectivity index (χ1v) is 10.5. The van der Waals surface area contributed by atoms with Gasteiger partial charge in [0.05, 0.1) is 0 Å². The number of carboxylic acid groups (broad SMARTS) is 2. The first kappa shape index (κ1) is 28.7. The number of rotatable bonds is 18. The van der Waals surface area contributed by atoms with E-state index < -0.39 is 17.4 Å². The minimum absolute atomic E-state index is 0. The normalized spacial score (nSPS) is 11.2. The van der Waals surface area contributed by atoms with Gasteiger partial charge in [-0.1, -0.05) is 104 Å². The summed E-state index contributed by atoms with van der Waals surface area (Å²) < 4.78 is 0. The Morgan fingerprint density at radius 3 is 1.19 bits per heavy atom. The molecule has 0 radical (unpaired) electrons. The molecule has 0 aliphatic heterocycles. The number of hydrogen-bond acceptors (Lipinski definition) is 2. The molecule has 2 N–H and O–H groups in total. The van der Waals surface area contributed by atoms with E-state index in [0.717, 1.165) is 32.1 Å². The molecule has 152 valence electrons. The summed E-state index contributed by atoms with van der Waals surface area (Å²) in [5.41, 5.74) is -1.58. The number of aliphatic carboxylic acids is 2. The van der Waals surface area contributed by atoms with Crippen LogP contribution in [-0.2, 0) is 9.59 Å². The molecule has 26 heavy (non-hydrogen) atoms. The van der Waals surface area contributed by atoms with Gasteiger partial charge in [-0.25, -0.2) is 0 Å². The molecule has 0 rings (SSSR count). The molecule has 0 atom stereocenters. The predicted molar refractivity (Wildman–Crippen MR) is 111 cm³/mol. The molecule has 0 bridgehead atoms. The monoisotopic (exact) mass is 496 g/mol. The van der Waals surface area contributed by atoms with Gasteiger partial charge in [0.25, 0.3) is 0 Å². The van der Waals surface area contributed by atoms with Crippen LogP contribution in [0.15, 0.2) is 0 Å². The summed E-state index contributed by atoms with van der Waals surface area (Å²) in [6.45, 7) is 4.31. The number of carbonyl (C=O) groups is 2. The quantitative estimate of drug-likeness (QED) is 0.133. The zero-order valence-electron chi connectivity index (χ0n) is 19.2. The van der Waals surface area contributed by atoms with E-state index in [2.05, 4.69) is 13.8 Å². The summed E-state index contributed by atoms with van der Waals surface area (Å²) in [5, 5.41) is 19.0. The summed E-state index contributed by atoms with van der Waals surface area (Å²) in [5.74, 6) is -2.32. The molecule has 0 heterocycles. The van der Waals surface area contributed by atoms with E-state index in [-0.39, 0.29) is 64.6 Å². The van der Waals surface area contributed by atoms with E-state index in [4.69, 9.17) is 0 Å². The number of carboxylic acids is 2. The molecule has 0 aliphatic rings. The van der Waals surface area contributed by atoms with Gasteiger partial charge in [0.2, 0.25) is 0 Å². The third-order valence-corrected chi connectivity index (χ3v) is 5.23. The maximum atomic E-state index is 11.6. The average Bonchev–Trinajstić information content (AvgIpc) is 2.57. The van der Waals surface area contributed by atoms with Crippen molar-refractivity contribution in [2.45, 2.75) is 117 Å². The largest absolute Gasteiger partial charge is 2.00 e. The molecule has 0 aromatic carbocycles. The van der Waals surface area contributed by atoms with Gasteiger partial charge < -0.3 is 13.1 Å². The maximum Gasteiger partial charge on any atom is 2.00 e. The van der Waals surface area contributed by atoms with Gasteiger partial charge in [-0.05, 0) is 12.8 Å². The molecule has 0 spiro atoms. The molecule has 0 aromatic heterocycles. The molecular formula is C21H42BaO4. The molecule has 0 saturated heterocycles. The van der Waals surface area contributed by atoms with E-state index in [1.807, 2.05) is 0 Å². The van der Waals surface area contributed by atoms with Crippen LogP contribution in [0.5, 0.6) is 0 Å². The van der Waals surface area contributed by atoms with E-state index in [9.17, 15) is 19.8 Å². The van der Waals surface area contributed by atoms with Crippen molar-refractivity contribution in [3.63, 3.8) is 0 Å². The maximum absolute atomic E-state index is 11.6. The Morgan fingerprint density at radius 1 is 0.615 bits per heavy atom. The second kappa shape index (κ2) is 18.9. The summed E-state index contributed by atoms with van der Waals surface area (Å²) in [6, 6.07) is 0. The van der Waals surface area contributed by atoms with Crippen molar-refractivity contribution in [1.29, 1.82) is 0 Å². The first-order chi connectivity index (χ1) is 12.0. The molecular weight excluding hydrogens is 454 g/mol. The van der Waals surface area contributed by atoms with Crippen molar-refractivity contribution in [3.05, 3.63) is 0 Å². The molecule has 0 fully saturated rings. The van der Waals surface area contributed by atoms with Crippen molar-refractivity contribution in [1.82, 2.24) is 0 Å². The number of hydrogen-bond donors (Lipinski definition) is 2. The van der Waals surface area contributed by atoms with Crippen LogP contribution in [0.1, 0.15) is 119 Å². The fourth-order valence-corrected chi connectivity index (χ4v) is 3.41. The molecule has 0 aromatic rings. The first-order valence-electron chi connectivity index (χ1n) is 10.5.